The zero-order valence-electron chi connectivity index (χ0n) is 9.04. The number of aliphatic hydroxyl groups is 1. The van der Waals surface area contributed by atoms with Gasteiger partial charge >= 0.3 is 0 Å². The van der Waals surface area contributed by atoms with Gasteiger partial charge in [0.1, 0.15) is 0 Å². The molecule has 0 aliphatic carbocycles. The van der Waals surface area contributed by atoms with Crippen LogP contribution in [0, 0.1) is 0 Å². The Labute approximate surface area is 91.6 Å². The number of hydrogen-bond acceptors (Lipinski definition) is 2. The van der Waals surface area contributed by atoms with Gasteiger partial charge in [0.05, 0.1) is 6.61 Å². The van der Waals surface area contributed by atoms with E-state index >= 15 is 0 Å². The van der Waals surface area contributed by atoms with Crippen LogP contribution in [0.4, 0.5) is 0 Å². The largest absolute Gasteiger partial charge is 0.392 e. The van der Waals surface area contributed by atoms with E-state index in [4.69, 9.17) is 5.11 Å². The summed E-state index contributed by atoms with van der Waals surface area (Å²) in [5.74, 6) is 0.748. The Morgan fingerprint density at radius 2 is 1.93 bits per heavy atom. The number of benzene rings is 1. The molecule has 1 nitrogen and oxygen atoms in total. The fourth-order valence-electron chi connectivity index (χ4n) is 1.56. The molecule has 78 valence electrons. The molecular formula is C12H18OS. The minimum Gasteiger partial charge on any atom is -0.392 e. The molecule has 0 saturated carbocycles. The van der Waals surface area contributed by atoms with Gasteiger partial charge < -0.3 is 5.11 Å². The van der Waals surface area contributed by atoms with E-state index in [0.29, 0.717) is 0 Å². The third-order valence-electron chi connectivity index (χ3n) is 2.34. The lowest BCUT2D eigenvalue weighted by Gasteiger charge is -2.23. The Kier molecular flexibility index (Phi) is 3.62. The second kappa shape index (κ2) is 4.37. The molecular weight excluding hydrogens is 192 g/mol. The summed E-state index contributed by atoms with van der Waals surface area (Å²) in [5.41, 5.74) is 3.61. The van der Waals surface area contributed by atoms with Crippen molar-refractivity contribution in [3.8, 4) is 0 Å². The maximum Gasteiger partial charge on any atom is 0.0681 e. The average Bonchev–Trinajstić information content (AvgIpc) is 2.15. The molecule has 14 heavy (non-hydrogen) atoms. The molecule has 0 bridgehead atoms. The summed E-state index contributed by atoms with van der Waals surface area (Å²) in [6.45, 7) is 6.64. The van der Waals surface area contributed by atoms with Crippen LogP contribution in [0.1, 0.15) is 37.5 Å². The van der Waals surface area contributed by atoms with Crippen molar-refractivity contribution >= 4 is 12.6 Å². The highest BCUT2D eigenvalue weighted by Gasteiger charge is 2.17. The Bertz CT molecular complexity index is 313. The van der Waals surface area contributed by atoms with E-state index in [9.17, 15) is 0 Å². The standard InChI is InChI=1S/C12H18OS/c1-12(2,3)11-6-9(7-13)4-5-10(11)8-14/h4-6,13-14H,7-8H2,1-3H3. The molecule has 0 aromatic heterocycles. The zero-order valence-corrected chi connectivity index (χ0v) is 9.94. The molecule has 2 heteroatoms. The summed E-state index contributed by atoms with van der Waals surface area (Å²) >= 11 is 4.31. The van der Waals surface area contributed by atoms with Crippen LogP contribution in [0.3, 0.4) is 0 Å². The van der Waals surface area contributed by atoms with Crippen molar-refractivity contribution in [3.05, 3.63) is 34.9 Å². The normalized spacial score (nSPS) is 11.8. The van der Waals surface area contributed by atoms with Crippen LogP contribution in [0.2, 0.25) is 0 Å². The van der Waals surface area contributed by atoms with Crippen molar-refractivity contribution in [3.63, 3.8) is 0 Å². The summed E-state index contributed by atoms with van der Waals surface area (Å²) in [5, 5.41) is 9.07. The summed E-state index contributed by atoms with van der Waals surface area (Å²) in [4.78, 5) is 0. The molecule has 0 unspecified atom stereocenters. The topological polar surface area (TPSA) is 20.2 Å². The minimum atomic E-state index is 0.107. The van der Waals surface area contributed by atoms with Crippen LogP contribution in [-0.4, -0.2) is 5.11 Å². The van der Waals surface area contributed by atoms with Crippen LogP contribution in [-0.2, 0) is 17.8 Å². The van der Waals surface area contributed by atoms with Gasteiger partial charge in [0.25, 0.3) is 0 Å². The predicted molar refractivity (Wildman–Crippen MR) is 63.8 cm³/mol. The van der Waals surface area contributed by atoms with Gasteiger partial charge in [-0.2, -0.15) is 12.6 Å². The third-order valence-corrected chi connectivity index (χ3v) is 2.68. The van der Waals surface area contributed by atoms with Gasteiger partial charge in [-0.05, 0) is 22.1 Å². The van der Waals surface area contributed by atoms with E-state index in [1.807, 2.05) is 6.07 Å². The fourth-order valence-corrected chi connectivity index (χ4v) is 1.83. The second-order valence-electron chi connectivity index (χ2n) is 4.56. The predicted octanol–water partition coefficient (Wildman–Crippen LogP) is 2.91. The van der Waals surface area contributed by atoms with Crippen LogP contribution in [0.15, 0.2) is 18.2 Å². The Balaban J connectivity index is 3.22. The van der Waals surface area contributed by atoms with E-state index in [1.54, 1.807) is 0 Å². The van der Waals surface area contributed by atoms with Gasteiger partial charge in [0.2, 0.25) is 0 Å². The van der Waals surface area contributed by atoms with Gasteiger partial charge in [-0.15, -0.1) is 0 Å². The highest BCUT2D eigenvalue weighted by atomic mass is 32.1. The maximum absolute atomic E-state index is 9.07. The second-order valence-corrected chi connectivity index (χ2v) is 4.87. The van der Waals surface area contributed by atoms with Crippen molar-refractivity contribution in [1.82, 2.24) is 0 Å². The van der Waals surface area contributed by atoms with Crippen LogP contribution < -0.4 is 0 Å². The number of thiol groups is 1. The van der Waals surface area contributed by atoms with Crippen molar-refractivity contribution < 1.29 is 5.11 Å². The number of aliphatic hydroxyl groups excluding tert-OH is 1. The highest BCUT2D eigenvalue weighted by Crippen LogP contribution is 2.27. The average molecular weight is 210 g/mol. The van der Waals surface area contributed by atoms with E-state index in [2.05, 4.69) is 45.5 Å². The van der Waals surface area contributed by atoms with Crippen LogP contribution >= 0.6 is 12.6 Å². The molecule has 0 atom stereocenters. The molecule has 1 N–H and O–H groups in total. The lowest BCUT2D eigenvalue weighted by atomic mass is 9.83. The zero-order chi connectivity index (χ0) is 10.8. The Hall–Kier alpha value is -0.470. The van der Waals surface area contributed by atoms with E-state index in [0.717, 1.165) is 11.3 Å². The van der Waals surface area contributed by atoms with Crippen molar-refractivity contribution in [2.75, 3.05) is 0 Å². The Morgan fingerprint density at radius 3 is 2.36 bits per heavy atom. The minimum absolute atomic E-state index is 0.107. The van der Waals surface area contributed by atoms with Crippen LogP contribution in [0.25, 0.3) is 0 Å². The molecule has 0 aliphatic rings. The van der Waals surface area contributed by atoms with Crippen LogP contribution in [0.5, 0.6) is 0 Å². The molecule has 0 saturated heterocycles. The van der Waals surface area contributed by atoms with E-state index < -0.39 is 0 Å². The molecule has 0 radical (unpaired) electrons. The molecule has 0 heterocycles. The van der Waals surface area contributed by atoms with E-state index in [-0.39, 0.29) is 12.0 Å². The smallest absolute Gasteiger partial charge is 0.0681 e. The molecule has 1 aromatic carbocycles. The first-order chi connectivity index (χ1) is 6.49. The first-order valence-corrected chi connectivity index (χ1v) is 5.46. The van der Waals surface area contributed by atoms with Gasteiger partial charge in [-0.25, -0.2) is 0 Å². The first kappa shape index (κ1) is 11.6. The lowest BCUT2D eigenvalue weighted by molar-refractivity contribution is 0.281. The molecule has 0 amide bonds. The van der Waals surface area contributed by atoms with E-state index in [1.165, 1.54) is 11.1 Å². The van der Waals surface area contributed by atoms with Gasteiger partial charge in [0.15, 0.2) is 0 Å². The first-order valence-electron chi connectivity index (χ1n) is 4.83. The van der Waals surface area contributed by atoms with Crippen molar-refractivity contribution in [1.29, 1.82) is 0 Å². The summed E-state index contributed by atoms with van der Waals surface area (Å²) in [6.07, 6.45) is 0. The number of hydrogen-bond donors (Lipinski definition) is 2. The monoisotopic (exact) mass is 210 g/mol. The Morgan fingerprint density at radius 1 is 1.29 bits per heavy atom. The summed E-state index contributed by atoms with van der Waals surface area (Å²) in [6, 6.07) is 6.09. The van der Waals surface area contributed by atoms with Gasteiger partial charge in [-0.1, -0.05) is 39.0 Å². The quantitative estimate of drug-likeness (QED) is 0.719. The maximum atomic E-state index is 9.07. The molecule has 0 aliphatic heterocycles. The van der Waals surface area contributed by atoms with Gasteiger partial charge in [0, 0.05) is 5.75 Å². The third kappa shape index (κ3) is 2.52. The summed E-state index contributed by atoms with van der Waals surface area (Å²) in [7, 11) is 0. The SMILES string of the molecule is CC(C)(C)c1cc(CO)ccc1CS. The van der Waals surface area contributed by atoms with Crippen molar-refractivity contribution in [2.45, 2.75) is 38.5 Å². The molecule has 1 rings (SSSR count). The number of rotatable bonds is 2. The molecule has 0 spiro atoms. The molecule has 0 fully saturated rings. The molecule has 1 aromatic rings. The summed E-state index contributed by atoms with van der Waals surface area (Å²) < 4.78 is 0. The fraction of sp³-hybridized carbons (Fsp3) is 0.500. The van der Waals surface area contributed by atoms with Gasteiger partial charge in [-0.3, -0.25) is 0 Å². The highest BCUT2D eigenvalue weighted by molar-refractivity contribution is 7.79. The lowest BCUT2D eigenvalue weighted by Crippen LogP contribution is -2.14. The van der Waals surface area contributed by atoms with Crippen molar-refractivity contribution in [2.24, 2.45) is 0 Å².